The van der Waals surface area contributed by atoms with Crippen molar-refractivity contribution in [2.45, 2.75) is 32.7 Å². The number of nitrogens with zero attached hydrogens (tertiary/aromatic N) is 1. The first kappa shape index (κ1) is 21.4. The highest BCUT2D eigenvalue weighted by Gasteiger charge is 2.20. The molecule has 0 unspecified atom stereocenters. The zero-order valence-electron chi connectivity index (χ0n) is 18.0. The number of rotatable bonds is 6. The molecule has 4 rings (SSSR count). The molecule has 1 N–H and O–H groups in total. The molecule has 1 fully saturated rings. The number of allylic oxidation sites excluding steroid dienone is 1. The van der Waals surface area contributed by atoms with Gasteiger partial charge in [0.05, 0.1) is 0 Å². The Morgan fingerprint density at radius 2 is 1.74 bits per heavy atom. The summed E-state index contributed by atoms with van der Waals surface area (Å²) in [5, 5.41) is 4.33. The van der Waals surface area contributed by atoms with Gasteiger partial charge in [-0.1, -0.05) is 53.9 Å². The lowest BCUT2D eigenvalue weighted by atomic mass is 10.0. The molecule has 0 aliphatic heterocycles. The van der Waals surface area contributed by atoms with E-state index < -0.39 is 0 Å². The quantitative estimate of drug-likeness (QED) is 0.449. The van der Waals surface area contributed by atoms with Gasteiger partial charge in [0.2, 0.25) is 0 Å². The molecule has 2 aromatic carbocycles. The topological polar surface area (TPSA) is 24.9 Å². The Morgan fingerprint density at radius 1 is 1.03 bits per heavy atom. The van der Waals surface area contributed by atoms with Crippen molar-refractivity contribution >= 4 is 17.2 Å². The van der Waals surface area contributed by atoms with Crippen molar-refractivity contribution in [3.05, 3.63) is 94.8 Å². The molecule has 3 aromatic rings. The minimum absolute atomic E-state index is 0.391. The predicted octanol–water partition coefficient (Wildman–Crippen LogP) is 6.59. The smallest absolute Gasteiger partial charge is 0.113 e. The molecule has 1 atom stereocenters. The summed E-state index contributed by atoms with van der Waals surface area (Å²) < 4.78 is 0. The van der Waals surface area contributed by atoms with Crippen molar-refractivity contribution in [3.63, 3.8) is 0 Å². The summed E-state index contributed by atoms with van der Waals surface area (Å²) in [6, 6.07) is 20.6. The lowest BCUT2D eigenvalue weighted by molar-refractivity contribution is 0.596. The maximum atomic E-state index is 5.96. The molecule has 1 heterocycles. The van der Waals surface area contributed by atoms with Gasteiger partial charge in [-0.2, -0.15) is 0 Å². The lowest BCUT2D eigenvalue weighted by Gasteiger charge is -2.11. The fraction of sp³-hybridized carbons (Fsp3) is 0.250. The number of hydrogen-bond donors (Lipinski definition) is 1. The molecule has 3 heteroatoms. The van der Waals surface area contributed by atoms with Crippen molar-refractivity contribution in [2.24, 2.45) is 5.92 Å². The molecule has 1 aromatic heterocycles. The standard InChI is InChI=1S/C28H27ClN2/c1-20(17-21(2)30-18-23-3-4-23)24-8-5-22(6-9-24)7-15-28-16-12-26(19-31-28)25-10-13-27(29)14-11-25/h5-6,8-14,16-17,19,21,23,30H,3-4,18H2,1-2H3/b20-17+/t21-/m1/s1. The average molecular weight is 427 g/mol. The predicted molar refractivity (Wildman–Crippen MR) is 131 cm³/mol. The summed E-state index contributed by atoms with van der Waals surface area (Å²) in [4.78, 5) is 4.48. The van der Waals surface area contributed by atoms with E-state index in [2.05, 4.69) is 66.3 Å². The molecule has 1 aliphatic rings. The molecule has 0 saturated heterocycles. The molecule has 31 heavy (non-hydrogen) atoms. The van der Waals surface area contributed by atoms with Crippen molar-refractivity contribution in [1.29, 1.82) is 0 Å². The van der Waals surface area contributed by atoms with E-state index in [0.717, 1.165) is 39.9 Å². The highest BCUT2D eigenvalue weighted by molar-refractivity contribution is 6.30. The number of pyridine rings is 1. The fourth-order valence-corrected chi connectivity index (χ4v) is 3.56. The Hall–Kier alpha value is -2.86. The minimum atomic E-state index is 0.391. The lowest BCUT2D eigenvalue weighted by Crippen LogP contribution is -2.26. The third-order valence-corrected chi connectivity index (χ3v) is 5.79. The number of halogens is 1. The average Bonchev–Trinajstić information content (AvgIpc) is 3.62. The van der Waals surface area contributed by atoms with Gasteiger partial charge in [0.25, 0.3) is 0 Å². The first-order valence-electron chi connectivity index (χ1n) is 10.8. The minimum Gasteiger partial charge on any atom is -0.311 e. The molecule has 0 bridgehead atoms. The summed E-state index contributed by atoms with van der Waals surface area (Å²) in [6.45, 7) is 5.52. The Balaban J connectivity index is 1.38. The third kappa shape index (κ3) is 6.31. The molecule has 0 spiro atoms. The summed E-state index contributed by atoms with van der Waals surface area (Å²) in [5.41, 5.74) is 6.40. The second-order valence-corrected chi connectivity index (χ2v) is 8.69. The highest BCUT2D eigenvalue weighted by atomic mass is 35.5. The number of hydrogen-bond acceptors (Lipinski definition) is 2. The number of aromatic nitrogens is 1. The van der Waals surface area contributed by atoms with E-state index >= 15 is 0 Å². The summed E-state index contributed by atoms with van der Waals surface area (Å²) >= 11 is 5.96. The van der Waals surface area contributed by atoms with Crippen LogP contribution < -0.4 is 5.32 Å². The van der Waals surface area contributed by atoms with Crippen LogP contribution in [0.2, 0.25) is 5.02 Å². The Kier molecular flexibility index (Phi) is 6.87. The summed E-state index contributed by atoms with van der Waals surface area (Å²) in [5.74, 6) is 7.27. The molecule has 0 radical (unpaired) electrons. The number of benzene rings is 2. The van der Waals surface area contributed by atoms with E-state index in [1.807, 2.05) is 42.6 Å². The van der Waals surface area contributed by atoms with Crippen LogP contribution in [0.15, 0.2) is 72.9 Å². The van der Waals surface area contributed by atoms with Crippen molar-refractivity contribution in [2.75, 3.05) is 6.54 Å². The van der Waals surface area contributed by atoms with Gasteiger partial charge in [-0.15, -0.1) is 0 Å². The van der Waals surface area contributed by atoms with Gasteiger partial charge in [0.1, 0.15) is 5.69 Å². The van der Waals surface area contributed by atoms with Crippen LogP contribution in [-0.4, -0.2) is 17.6 Å². The van der Waals surface area contributed by atoms with Gasteiger partial charge < -0.3 is 5.32 Å². The van der Waals surface area contributed by atoms with Gasteiger partial charge in [0, 0.05) is 28.4 Å². The molecule has 156 valence electrons. The second-order valence-electron chi connectivity index (χ2n) is 8.26. The van der Waals surface area contributed by atoms with Crippen molar-refractivity contribution in [3.8, 4) is 23.0 Å². The van der Waals surface area contributed by atoms with Crippen LogP contribution in [-0.2, 0) is 0 Å². The van der Waals surface area contributed by atoms with Crippen LogP contribution in [0.5, 0.6) is 0 Å². The zero-order valence-corrected chi connectivity index (χ0v) is 18.8. The Bertz CT molecular complexity index is 1100. The molecular formula is C28H27ClN2. The maximum Gasteiger partial charge on any atom is 0.113 e. The zero-order chi connectivity index (χ0) is 21.6. The van der Waals surface area contributed by atoms with Crippen LogP contribution in [0.25, 0.3) is 16.7 Å². The second kappa shape index (κ2) is 9.96. The van der Waals surface area contributed by atoms with Crippen LogP contribution >= 0.6 is 11.6 Å². The van der Waals surface area contributed by atoms with E-state index in [-0.39, 0.29) is 0 Å². The molecule has 2 nitrogen and oxygen atoms in total. The van der Waals surface area contributed by atoms with E-state index in [0.29, 0.717) is 6.04 Å². The van der Waals surface area contributed by atoms with Crippen molar-refractivity contribution in [1.82, 2.24) is 10.3 Å². The molecular weight excluding hydrogens is 400 g/mol. The van der Waals surface area contributed by atoms with E-state index in [9.17, 15) is 0 Å². The van der Waals surface area contributed by atoms with Gasteiger partial charge >= 0.3 is 0 Å². The van der Waals surface area contributed by atoms with Crippen molar-refractivity contribution < 1.29 is 0 Å². The largest absolute Gasteiger partial charge is 0.311 e. The molecule has 1 aliphatic carbocycles. The maximum absolute atomic E-state index is 5.96. The van der Waals surface area contributed by atoms with E-state index in [1.54, 1.807) is 0 Å². The molecule has 0 amide bonds. The van der Waals surface area contributed by atoms with Crippen LogP contribution in [0.4, 0.5) is 0 Å². The Morgan fingerprint density at radius 3 is 2.39 bits per heavy atom. The first-order chi connectivity index (χ1) is 15.1. The van der Waals surface area contributed by atoms with Crippen LogP contribution in [0.3, 0.4) is 0 Å². The van der Waals surface area contributed by atoms with Gasteiger partial charge in [-0.3, -0.25) is 0 Å². The third-order valence-electron chi connectivity index (χ3n) is 5.54. The number of nitrogens with one attached hydrogen (secondary N) is 1. The normalized spacial score (nSPS) is 14.6. The molecule has 1 saturated carbocycles. The van der Waals surface area contributed by atoms with Crippen LogP contribution in [0, 0.1) is 17.8 Å². The van der Waals surface area contributed by atoms with E-state index in [1.165, 1.54) is 24.0 Å². The SMILES string of the molecule is C/C(=C\[C@@H](C)NCC1CC1)c1ccc(C#Cc2ccc(-c3ccc(Cl)cc3)cn2)cc1. The summed E-state index contributed by atoms with van der Waals surface area (Å²) in [7, 11) is 0. The van der Waals surface area contributed by atoms with Gasteiger partial charge in [-0.25, -0.2) is 4.98 Å². The van der Waals surface area contributed by atoms with E-state index in [4.69, 9.17) is 11.6 Å². The Labute approximate surface area is 190 Å². The van der Waals surface area contributed by atoms with Gasteiger partial charge in [0.15, 0.2) is 0 Å². The highest BCUT2D eigenvalue weighted by Crippen LogP contribution is 2.27. The first-order valence-corrected chi connectivity index (χ1v) is 11.2. The summed E-state index contributed by atoms with van der Waals surface area (Å²) in [6.07, 6.45) is 6.91. The van der Waals surface area contributed by atoms with Gasteiger partial charge in [-0.05, 0) is 92.1 Å². The van der Waals surface area contributed by atoms with Crippen LogP contribution in [0.1, 0.15) is 43.5 Å². The fourth-order valence-electron chi connectivity index (χ4n) is 3.44. The monoisotopic (exact) mass is 426 g/mol.